The molecular formula is C16H10ClN3O2S. The second kappa shape index (κ2) is 7.46. The molecule has 5 nitrogen and oxygen atoms in total. The molecule has 0 saturated carbocycles. The van der Waals surface area contributed by atoms with Crippen LogP contribution in [0, 0.1) is 22.7 Å². The van der Waals surface area contributed by atoms with Gasteiger partial charge in [0.05, 0.1) is 7.11 Å². The van der Waals surface area contributed by atoms with E-state index in [-0.39, 0.29) is 5.57 Å². The highest BCUT2D eigenvalue weighted by Crippen LogP contribution is 2.39. The Hall–Kier alpha value is -2.80. The zero-order valence-corrected chi connectivity index (χ0v) is 13.5. The quantitative estimate of drug-likeness (QED) is 0.664. The van der Waals surface area contributed by atoms with Gasteiger partial charge in [-0.25, -0.2) is 4.79 Å². The standard InChI is InChI=1S/C16H10ClN3O2S/c1-22-16(21)14-12(11-4-2-3-5-13(11)17)9-23-15(14)20-8-10(6-18)7-19/h2-5,8-9,20H,1H3. The summed E-state index contributed by atoms with van der Waals surface area (Å²) in [4.78, 5) is 12.1. The Morgan fingerprint density at radius 2 is 2.00 bits per heavy atom. The Labute approximate surface area is 142 Å². The summed E-state index contributed by atoms with van der Waals surface area (Å²) in [6.07, 6.45) is 1.24. The minimum absolute atomic E-state index is 0.103. The van der Waals surface area contributed by atoms with Crippen LogP contribution in [-0.2, 0) is 4.74 Å². The summed E-state index contributed by atoms with van der Waals surface area (Å²) in [6.45, 7) is 0. The number of methoxy groups -OCH3 is 1. The van der Waals surface area contributed by atoms with Crippen LogP contribution in [0.2, 0.25) is 5.02 Å². The van der Waals surface area contributed by atoms with Crippen molar-refractivity contribution in [3.63, 3.8) is 0 Å². The Kier molecular flexibility index (Phi) is 5.37. The molecule has 2 rings (SSSR count). The number of anilines is 1. The van der Waals surface area contributed by atoms with Crippen molar-refractivity contribution in [1.29, 1.82) is 10.5 Å². The van der Waals surface area contributed by atoms with Crippen molar-refractivity contribution in [3.05, 3.63) is 52.0 Å². The topological polar surface area (TPSA) is 85.9 Å². The van der Waals surface area contributed by atoms with E-state index in [1.165, 1.54) is 24.6 Å². The zero-order chi connectivity index (χ0) is 16.8. The first-order chi connectivity index (χ1) is 11.1. The van der Waals surface area contributed by atoms with Gasteiger partial charge in [0.1, 0.15) is 28.3 Å². The van der Waals surface area contributed by atoms with Gasteiger partial charge < -0.3 is 10.1 Å². The third kappa shape index (κ3) is 3.51. The van der Waals surface area contributed by atoms with Gasteiger partial charge >= 0.3 is 5.97 Å². The molecule has 0 saturated heterocycles. The molecule has 1 aromatic carbocycles. The fourth-order valence-electron chi connectivity index (χ4n) is 1.87. The van der Waals surface area contributed by atoms with Crippen molar-refractivity contribution in [1.82, 2.24) is 0 Å². The lowest BCUT2D eigenvalue weighted by atomic mass is 10.0. The number of esters is 1. The summed E-state index contributed by atoms with van der Waals surface area (Å²) in [5.74, 6) is -0.535. The minimum atomic E-state index is -0.535. The van der Waals surface area contributed by atoms with Gasteiger partial charge in [0, 0.05) is 27.7 Å². The van der Waals surface area contributed by atoms with Gasteiger partial charge in [-0.15, -0.1) is 11.3 Å². The van der Waals surface area contributed by atoms with E-state index in [1.54, 1.807) is 35.7 Å². The number of carbonyl (C=O) groups excluding carboxylic acids is 1. The van der Waals surface area contributed by atoms with Crippen molar-refractivity contribution in [2.24, 2.45) is 0 Å². The number of ether oxygens (including phenoxy) is 1. The number of nitrogens with zero attached hydrogens (tertiary/aromatic N) is 2. The van der Waals surface area contributed by atoms with Crippen LogP contribution in [0.3, 0.4) is 0 Å². The largest absolute Gasteiger partial charge is 0.465 e. The summed E-state index contributed by atoms with van der Waals surface area (Å²) in [7, 11) is 1.28. The van der Waals surface area contributed by atoms with Crippen molar-refractivity contribution in [3.8, 4) is 23.3 Å². The lowest BCUT2D eigenvalue weighted by molar-refractivity contribution is 0.0603. The number of hydrogen-bond acceptors (Lipinski definition) is 6. The lowest BCUT2D eigenvalue weighted by Gasteiger charge is -2.07. The number of carbonyl (C=O) groups is 1. The van der Waals surface area contributed by atoms with E-state index in [9.17, 15) is 4.79 Å². The fourth-order valence-corrected chi connectivity index (χ4v) is 3.03. The zero-order valence-electron chi connectivity index (χ0n) is 12.0. The van der Waals surface area contributed by atoms with E-state index >= 15 is 0 Å². The number of allylic oxidation sites excluding steroid dienone is 1. The van der Waals surface area contributed by atoms with Crippen LogP contribution in [0.5, 0.6) is 0 Å². The molecule has 0 radical (unpaired) electrons. The summed E-state index contributed by atoms with van der Waals surface area (Å²) < 4.78 is 4.83. The number of thiophene rings is 1. The Bertz CT molecular complexity index is 843. The highest BCUT2D eigenvalue weighted by molar-refractivity contribution is 7.15. The van der Waals surface area contributed by atoms with Gasteiger partial charge in [0.25, 0.3) is 0 Å². The second-order valence-electron chi connectivity index (χ2n) is 4.25. The first-order valence-electron chi connectivity index (χ1n) is 6.34. The van der Waals surface area contributed by atoms with E-state index in [0.717, 1.165) is 0 Å². The van der Waals surface area contributed by atoms with Crippen LogP contribution in [0.15, 0.2) is 41.4 Å². The average Bonchev–Trinajstić information content (AvgIpc) is 2.99. The third-order valence-electron chi connectivity index (χ3n) is 2.93. The number of nitriles is 2. The molecule has 0 aliphatic carbocycles. The summed E-state index contributed by atoms with van der Waals surface area (Å²) >= 11 is 7.45. The number of rotatable bonds is 4. The number of hydrogen-bond donors (Lipinski definition) is 1. The maximum Gasteiger partial charge on any atom is 0.341 e. The van der Waals surface area contributed by atoms with Gasteiger partial charge in [0.2, 0.25) is 0 Å². The molecule has 0 atom stereocenters. The lowest BCUT2D eigenvalue weighted by Crippen LogP contribution is -2.04. The molecule has 114 valence electrons. The Morgan fingerprint density at radius 1 is 1.30 bits per heavy atom. The molecule has 0 unspecified atom stereocenters. The fraction of sp³-hybridized carbons (Fsp3) is 0.0625. The molecule has 0 amide bonds. The van der Waals surface area contributed by atoms with Crippen molar-refractivity contribution >= 4 is 33.9 Å². The van der Waals surface area contributed by atoms with Crippen molar-refractivity contribution in [2.75, 3.05) is 12.4 Å². The highest BCUT2D eigenvalue weighted by atomic mass is 35.5. The smallest absolute Gasteiger partial charge is 0.341 e. The number of benzene rings is 1. The van der Waals surface area contributed by atoms with E-state index in [1.807, 2.05) is 6.07 Å². The molecule has 0 aliphatic heterocycles. The van der Waals surface area contributed by atoms with Gasteiger partial charge in [-0.05, 0) is 6.07 Å². The molecule has 2 aromatic rings. The SMILES string of the molecule is COC(=O)c1c(-c2ccccc2Cl)csc1NC=C(C#N)C#N. The summed E-state index contributed by atoms with van der Waals surface area (Å²) in [5.41, 5.74) is 1.52. The first kappa shape index (κ1) is 16.6. The predicted molar refractivity (Wildman–Crippen MR) is 89.0 cm³/mol. The maximum atomic E-state index is 12.1. The molecule has 0 spiro atoms. The van der Waals surface area contributed by atoms with Gasteiger partial charge in [-0.3, -0.25) is 0 Å². The number of halogens is 1. The van der Waals surface area contributed by atoms with Crippen molar-refractivity contribution < 1.29 is 9.53 Å². The van der Waals surface area contributed by atoms with Crippen LogP contribution in [0.1, 0.15) is 10.4 Å². The molecule has 0 fully saturated rings. The van der Waals surface area contributed by atoms with Crippen LogP contribution in [0.25, 0.3) is 11.1 Å². The van der Waals surface area contributed by atoms with Crippen molar-refractivity contribution in [2.45, 2.75) is 0 Å². The van der Waals surface area contributed by atoms with E-state index < -0.39 is 5.97 Å². The van der Waals surface area contributed by atoms with Gasteiger partial charge in [-0.2, -0.15) is 10.5 Å². The molecule has 0 aliphatic rings. The Morgan fingerprint density at radius 3 is 2.61 bits per heavy atom. The Balaban J connectivity index is 2.53. The average molecular weight is 344 g/mol. The van der Waals surface area contributed by atoms with Gasteiger partial charge in [0.15, 0.2) is 0 Å². The van der Waals surface area contributed by atoms with Gasteiger partial charge in [-0.1, -0.05) is 29.8 Å². The molecular weight excluding hydrogens is 334 g/mol. The minimum Gasteiger partial charge on any atom is -0.465 e. The van der Waals surface area contributed by atoms with Crippen LogP contribution in [0.4, 0.5) is 5.00 Å². The maximum absolute atomic E-state index is 12.1. The third-order valence-corrected chi connectivity index (χ3v) is 4.17. The second-order valence-corrected chi connectivity index (χ2v) is 5.54. The highest BCUT2D eigenvalue weighted by Gasteiger charge is 2.21. The van der Waals surface area contributed by atoms with Crippen LogP contribution < -0.4 is 5.32 Å². The summed E-state index contributed by atoms with van der Waals surface area (Å²) in [5, 5.41) is 23.1. The van der Waals surface area contributed by atoms with E-state index in [0.29, 0.717) is 26.7 Å². The summed E-state index contributed by atoms with van der Waals surface area (Å²) in [6, 6.07) is 10.6. The normalized spacial score (nSPS) is 9.39. The van der Waals surface area contributed by atoms with E-state index in [2.05, 4.69) is 5.32 Å². The molecule has 23 heavy (non-hydrogen) atoms. The predicted octanol–water partition coefficient (Wildman–Crippen LogP) is 4.20. The molecule has 1 aromatic heterocycles. The monoisotopic (exact) mass is 343 g/mol. The first-order valence-corrected chi connectivity index (χ1v) is 7.59. The van der Waals surface area contributed by atoms with Crippen LogP contribution >= 0.6 is 22.9 Å². The molecule has 1 N–H and O–H groups in total. The number of nitrogens with one attached hydrogen (secondary N) is 1. The molecule has 1 heterocycles. The molecule has 7 heteroatoms. The van der Waals surface area contributed by atoms with E-state index in [4.69, 9.17) is 26.9 Å². The molecule has 0 bridgehead atoms. The van der Waals surface area contributed by atoms with Crippen LogP contribution in [-0.4, -0.2) is 13.1 Å².